The topological polar surface area (TPSA) is 44.7 Å². The van der Waals surface area contributed by atoms with Crippen molar-refractivity contribution in [2.75, 3.05) is 40.3 Å². The molecule has 0 unspecified atom stereocenters. The number of para-hydroxylation sites is 1. The lowest BCUT2D eigenvalue weighted by Crippen LogP contribution is -2.32. The van der Waals surface area contributed by atoms with Crippen molar-refractivity contribution in [2.24, 2.45) is 0 Å². The van der Waals surface area contributed by atoms with Crippen LogP contribution in [-0.2, 0) is 0 Å². The third-order valence-electron chi connectivity index (χ3n) is 2.52. The predicted molar refractivity (Wildman–Crippen MR) is 74.0 cm³/mol. The van der Waals surface area contributed by atoms with Gasteiger partial charge in [0, 0.05) is 6.54 Å². The summed E-state index contributed by atoms with van der Waals surface area (Å²) < 4.78 is 5.46. The Bertz CT molecular complexity index is 304. The Morgan fingerprint density at radius 1 is 1.28 bits per heavy atom. The molecule has 0 aliphatic heterocycles. The van der Waals surface area contributed by atoms with E-state index in [4.69, 9.17) is 4.74 Å². The van der Waals surface area contributed by atoms with Gasteiger partial charge in [-0.15, -0.1) is 0 Å². The van der Waals surface area contributed by atoms with Gasteiger partial charge in [-0.1, -0.05) is 18.2 Å². The number of rotatable bonds is 9. The molecule has 4 nitrogen and oxygen atoms in total. The number of ether oxygens (including phenoxy) is 1. The summed E-state index contributed by atoms with van der Waals surface area (Å²) in [5, 5.41) is 12.9. The van der Waals surface area contributed by atoms with Crippen molar-refractivity contribution in [3.63, 3.8) is 0 Å². The second kappa shape index (κ2) is 8.91. The summed E-state index contributed by atoms with van der Waals surface area (Å²) in [4.78, 5) is 2.15. The molecule has 0 aliphatic rings. The third kappa shape index (κ3) is 7.27. The second-order valence-corrected chi connectivity index (χ2v) is 4.64. The average Bonchev–Trinajstić information content (AvgIpc) is 2.37. The van der Waals surface area contributed by atoms with Gasteiger partial charge in [-0.05, 0) is 45.7 Å². The van der Waals surface area contributed by atoms with Crippen LogP contribution in [0.3, 0.4) is 0 Å². The van der Waals surface area contributed by atoms with Crippen LogP contribution in [0, 0.1) is 0 Å². The van der Waals surface area contributed by atoms with E-state index in [9.17, 15) is 5.11 Å². The van der Waals surface area contributed by atoms with Crippen molar-refractivity contribution < 1.29 is 9.84 Å². The fourth-order valence-corrected chi connectivity index (χ4v) is 1.56. The molecule has 2 N–H and O–H groups in total. The average molecular weight is 252 g/mol. The van der Waals surface area contributed by atoms with Crippen LogP contribution in [0.4, 0.5) is 0 Å². The van der Waals surface area contributed by atoms with Crippen LogP contribution < -0.4 is 10.1 Å². The first kappa shape index (κ1) is 15.0. The van der Waals surface area contributed by atoms with Crippen LogP contribution in [-0.4, -0.2) is 56.4 Å². The largest absolute Gasteiger partial charge is 0.491 e. The van der Waals surface area contributed by atoms with E-state index < -0.39 is 6.10 Å². The molecule has 0 aromatic heterocycles. The Balaban J connectivity index is 2.02. The summed E-state index contributed by atoms with van der Waals surface area (Å²) >= 11 is 0. The fourth-order valence-electron chi connectivity index (χ4n) is 1.56. The zero-order valence-electron chi connectivity index (χ0n) is 11.3. The lowest BCUT2D eigenvalue weighted by atomic mass is 10.3. The molecule has 102 valence electrons. The first-order valence-corrected chi connectivity index (χ1v) is 6.40. The highest BCUT2D eigenvalue weighted by Crippen LogP contribution is 2.08. The number of nitrogens with zero attached hydrogens (tertiary/aromatic N) is 1. The Morgan fingerprint density at radius 3 is 2.67 bits per heavy atom. The van der Waals surface area contributed by atoms with Gasteiger partial charge in [0.2, 0.25) is 0 Å². The van der Waals surface area contributed by atoms with Gasteiger partial charge in [0.1, 0.15) is 18.5 Å². The van der Waals surface area contributed by atoms with E-state index >= 15 is 0 Å². The monoisotopic (exact) mass is 252 g/mol. The molecule has 1 aromatic rings. The first-order chi connectivity index (χ1) is 8.68. The summed E-state index contributed by atoms with van der Waals surface area (Å²) in [5.41, 5.74) is 0. The highest BCUT2D eigenvalue weighted by atomic mass is 16.5. The van der Waals surface area contributed by atoms with Gasteiger partial charge in [0.25, 0.3) is 0 Å². The Labute approximate surface area is 110 Å². The number of aliphatic hydroxyl groups excluding tert-OH is 1. The van der Waals surface area contributed by atoms with Crippen molar-refractivity contribution in [1.29, 1.82) is 0 Å². The van der Waals surface area contributed by atoms with Gasteiger partial charge in [-0.3, -0.25) is 0 Å². The standard InChI is InChI=1S/C14H24N2O2/c1-16(2)10-6-9-15-11-13(17)12-18-14-7-4-3-5-8-14/h3-5,7-8,13,15,17H,6,9-12H2,1-2H3/t13-/m1/s1. The minimum atomic E-state index is -0.468. The van der Waals surface area contributed by atoms with E-state index in [0.717, 1.165) is 25.3 Å². The molecule has 0 radical (unpaired) electrons. The van der Waals surface area contributed by atoms with E-state index in [2.05, 4.69) is 24.3 Å². The van der Waals surface area contributed by atoms with E-state index in [1.807, 2.05) is 30.3 Å². The quantitative estimate of drug-likeness (QED) is 0.643. The third-order valence-corrected chi connectivity index (χ3v) is 2.52. The Morgan fingerprint density at radius 2 is 2.00 bits per heavy atom. The molecular formula is C14H24N2O2. The maximum Gasteiger partial charge on any atom is 0.119 e. The first-order valence-electron chi connectivity index (χ1n) is 6.40. The van der Waals surface area contributed by atoms with Crippen molar-refractivity contribution in [2.45, 2.75) is 12.5 Å². The zero-order chi connectivity index (χ0) is 13.2. The van der Waals surface area contributed by atoms with Gasteiger partial charge in [-0.25, -0.2) is 0 Å². The summed E-state index contributed by atoms with van der Waals surface area (Å²) in [7, 11) is 4.12. The van der Waals surface area contributed by atoms with Crippen LogP contribution in [0.15, 0.2) is 30.3 Å². The molecule has 0 fully saturated rings. The lowest BCUT2D eigenvalue weighted by molar-refractivity contribution is 0.106. The van der Waals surface area contributed by atoms with Crippen molar-refractivity contribution >= 4 is 0 Å². The van der Waals surface area contributed by atoms with E-state index in [1.54, 1.807) is 0 Å². The van der Waals surface area contributed by atoms with Crippen LogP contribution in [0.2, 0.25) is 0 Å². The molecule has 0 aliphatic carbocycles. The van der Waals surface area contributed by atoms with Gasteiger partial charge >= 0.3 is 0 Å². The minimum Gasteiger partial charge on any atom is -0.491 e. The van der Waals surface area contributed by atoms with E-state index in [-0.39, 0.29) is 0 Å². The van der Waals surface area contributed by atoms with E-state index in [0.29, 0.717) is 13.2 Å². The number of nitrogens with one attached hydrogen (secondary N) is 1. The SMILES string of the molecule is CN(C)CCCNC[C@@H](O)COc1ccccc1. The fraction of sp³-hybridized carbons (Fsp3) is 0.571. The summed E-state index contributed by atoms with van der Waals surface area (Å²) in [5.74, 6) is 0.796. The normalized spacial score (nSPS) is 12.7. The lowest BCUT2D eigenvalue weighted by Gasteiger charge is -2.14. The molecule has 1 atom stereocenters. The molecule has 0 saturated carbocycles. The van der Waals surface area contributed by atoms with Crippen molar-refractivity contribution in [3.8, 4) is 5.75 Å². The smallest absolute Gasteiger partial charge is 0.119 e. The van der Waals surface area contributed by atoms with Crippen molar-refractivity contribution in [3.05, 3.63) is 30.3 Å². The highest BCUT2D eigenvalue weighted by Gasteiger charge is 2.04. The van der Waals surface area contributed by atoms with Gasteiger partial charge < -0.3 is 20.1 Å². The molecule has 1 rings (SSSR count). The zero-order valence-corrected chi connectivity index (χ0v) is 11.3. The van der Waals surface area contributed by atoms with Crippen LogP contribution in [0.5, 0.6) is 5.75 Å². The molecule has 0 spiro atoms. The van der Waals surface area contributed by atoms with Crippen molar-refractivity contribution in [1.82, 2.24) is 10.2 Å². The summed E-state index contributed by atoms with van der Waals surface area (Å²) in [6.07, 6.45) is 0.615. The molecule has 18 heavy (non-hydrogen) atoms. The molecule has 0 amide bonds. The van der Waals surface area contributed by atoms with Gasteiger partial charge in [0.05, 0.1) is 0 Å². The van der Waals surface area contributed by atoms with Crippen LogP contribution in [0.25, 0.3) is 0 Å². The Hall–Kier alpha value is -1.10. The summed E-state index contributed by atoms with van der Waals surface area (Å²) in [6.45, 7) is 2.87. The predicted octanol–water partition coefficient (Wildman–Crippen LogP) is 0.968. The van der Waals surface area contributed by atoms with E-state index in [1.165, 1.54) is 0 Å². The molecule has 0 bridgehead atoms. The number of hydrogen-bond acceptors (Lipinski definition) is 4. The van der Waals surface area contributed by atoms with Gasteiger partial charge in [-0.2, -0.15) is 0 Å². The Kier molecular flexibility index (Phi) is 7.41. The molecule has 1 aromatic carbocycles. The maximum atomic E-state index is 9.72. The maximum absolute atomic E-state index is 9.72. The molecule has 0 heterocycles. The number of hydrogen-bond donors (Lipinski definition) is 2. The molecule has 0 saturated heterocycles. The molecular weight excluding hydrogens is 228 g/mol. The second-order valence-electron chi connectivity index (χ2n) is 4.64. The van der Waals surface area contributed by atoms with Gasteiger partial charge in [0.15, 0.2) is 0 Å². The molecule has 4 heteroatoms. The van der Waals surface area contributed by atoms with Crippen LogP contribution in [0.1, 0.15) is 6.42 Å². The minimum absolute atomic E-state index is 0.324. The number of benzene rings is 1. The number of aliphatic hydroxyl groups is 1. The van der Waals surface area contributed by atoms with Crippen LogP contribution >= 0.6 is 0 Å². The summed E-state index contributed by atoms with van der Waals surface area (Å²) in [6, 6.07) is 9.55. The highest BCUT2D eigenvalue weighted by molar-refractivity contribution is 5.20.